The van der Waals surface area contributed by atoms with Gasteiger partial charge in [-0.1, -0.05) is 18.2 Å². The number of rotatable bonds is 7. The first-order valence-corrected chi connectivity index (χ1v) is 10.4. The summed E-state index contributed by atoms with van der Waals surface area (Å²) in [6.07, 6.45) is 2.55. The topological polar surface area (TPSA) is 83.8 Å². The average molecular weight is 419 g/mol. The number of carbonyl (C=O) groups is 2. The van der Waals surface area contributed by atoms with Gasteiger partial charge in [-0.25, -0.2) is 0 Å². The highest BCUT2D eigenvalue weighted by atomic mass is 16.5. The van der Waals surface area contributed by atoms with Gasteiger partial charge < -0.3 is 24.7 Å². The Hall–Kier alpha value is -3.74. The van der Waals surface area contributed by atoms with Crippen LogP contribution in [0, 0.1) is 0 Å². The number of benzene rings is 2. The molecule has 2 heterocycles. The molecule has 1 aliphatic rings. The molecule has 1 aromatic heterocycles. The zero-order chi connectivity index (χ0) is 21.6. The van der Waals surface area contributed by atoms with Crippen LogP contribution in [0.2, 0.25) is 0 Å². The van der Waals surface area contributed by atoms with Crippen molar-refractivity contribution in [1.29, 1.82) is 0 Å². The number of fused-ring (bicyclic) bond motifs is 1. The molecule has 0 bridgehead atoms. The zero-order valence-corrected chi connectivity index (χ0v) is 17.3. The third-order valence-electron chi connectivity index (χ3n) is 5.26. The lowest BCUT2D eigenvalue weighted by atomic mass is 10.1. The molecule has 0 radical (unpaired) electrons. The molecule has 2 amide bonds. The standard InChI is InChI=1S/C24H25N3O4/c1-2-30-19-11-9-18(10-12-19)26-24(29)23(28)25-16-21(22-8-5-15-31-22)27-14-13-17-6-3-4-7-20(17)27/h3-12,15,21H,2,13-14,16H2,1H3,(H,25,28)(H,26,29). The number of nitrogens with one attached hydrogen (secondary N) is 2. The SMILES string of the molecule is CCOc1ccc(NC(=O)C(=O)NCC(c2ccco2)N2CCc3ccccc32)cc1. The van der Waals surface area contributed by atoms with Crippen molar-refractivity contribution in [2.75, 3.05) is 29.9 Å². The van der Waals surface area contributed by atoms with Crippen LogP contribution in [-0.4, -0.2) is 31.5 Å². The summed E-state index contributed by atoms with van der Waals surface area (Å²) in [5.41, 5.74) is 2.91. The number of hydrogen-bond donors (Lipinski definition) is 2. The summed E-state index contributed by atoms with van der Waals surface area (Å²) in [6.45, 7) is 3.53. The third-order valence-corrected chi connectivity index (χ3v) is 5.26. The zero-order valence-electron chi connectivity index (χ0n) is 17.3. The summed E-state index contributed by atoms with van der Waals surface area (Å²) in [6, 6.07) is 18.6. The maximum absolute atomic E-state index is 12.5. The fourth-order valence-electron chi connectivity index (χ4n) is 3.79. The molecule has 1 unspecified atom stereocenters. The smallest absolute Gasteiger partial charge is 0.313 e. The summed E-state index contributed by atoms with van der Waals surface area (Å²) in [5.74, 6) is 0.0307. The Balaban J connectivity index is 1.40. The first-order valence-electron chi connectivity index (χ1n) is 10.4. The van der Waals surface area contributed by atoms with Crippen LogP contribution in [0.3, 0.4) is 0 Å². The van der Waals surface area contributed by atoms with Crippen LogP contribution in [0.4, 0.5) is 11.4 Å². The minimum Gasteiger partial charge on any atom is -0.494 e. The van der Waals surface area contributed by atoms with Gasteiger partial charge in [-0.2, -0.15) is 0 Å². The number of amides is 2. The molecule has 1 aliphatic heterocycles. The second kappa shape index (κ2) is 9.38. The first kappa shape index (κ1) is 20.5. The molecule has 0 saturated heterocycles. The van der Waals surface area contributed by atoms with E-state index in [0.717, 1.165) is 24.4 Å². The molecule has 2 N–H and O–H groups in total. The molecule has 7 heteroatoms. The Morgan fingerprint density at radius 3 is 2.61 bits per heavy atom. The highest BCUT2D eigenvalue weighted by Crippen LogP contribution is 2.34. The van der Waals surface area contributed by atoms with E-state index in [1.165, 1.54) is 5.56 Å². The predicted molar refractivity (Wildman–Crippen MR) is 118 cm³/mol. The summed E-state index contributed by atoms with van der Waals surface area (Å²) in [5, 5.41) is 5.36. The van der Waals surface area contributed by atoms with Crippen molar-refractivity contribution >= 4 is 23.2 Å². The van der Waals surface area contributed by atoms with E-state index >= 15 is 0 Å². The van der Waals surface area contributed by atoms with Crippen molar-refractivity contribution in [1.82, 2.24) is 5.32 Å². The van der Waals surface area contributed by atoms with Crippen LogP contribution in [-0.2, 0) is 16.0 Å². The van der Waals surface area contributed by atoms with E-state index in [0.29, 0.717) is 18.0 Å². The minimum atomic E-state index is -0.718. The summed E-state index contributed by atoms with van der Waals surface area (Å²) in [4.78, 5) is 27.0. The van der Waals surface area contributed by atoms with Gasteiger partial charge in [-0.05, 0) is 61.4 Å². The van der Waals surface area contributed by atoms with Gasteiger partial charge in [0.15, 0.2) is 0 Å². The molecule has 1 atom stereocenters. The van der Waals surface area contributed by atoms with E-state index in [1.807, 2.05) is 31.2 Å². The molecule has 0 fully saturated rings. The van der Waals surface area contributed by atoms with Crippen LogP contribution < -0.4 is 20.3 Å². The highest BCUT2D eigenvalue weighted by Gasteiger charge is 2.29. The molecule has 0 spiro atoms. The van der Waals surface area contributed by atoms with Gasteiger partial charge in [0.1, 0.15) is 17.6 Å². The first-order chi connectivity index (χ1) is 15.2. The van der Waals surface area contributed by atoms with E-state index in [4.69, 9.17) is 9.15 Å². The van der Waals surface area contributed by atoms with Crippen molar-refractivity contribution in [3.05, 3.63) is 78.3 Å². The number of anilines is 2. The molecule has 0 aliphatic carbocycles. The maximum atomic E-state index is 12.5. The Kier molecular flexibility index (Phi) is 6.21. The normalized spacial score (nSPS) is 13.4. The number of hydrogen-bond acceptors (Lipinski definition) is 5. The van der Waals surface area contributed by atoms with Gasteiger partial charge >= 0.3 is 11.8 Å². The van der Waals surface area contributed by atoms with E-state index in [-0.39, 0.29) is 12.6 Å². The van der Waals surface area contributed by atoms with Crippen molar-refractivity contribution < 1.29 is 18.7 Å². The molecule has 7 nitrogen and oxygen atoms in total. The Morgan fingerprint density at radius 1 is 1.06 bits per heavy atom. The molecular weight excluding hydrogens is 394 g/mol. The van der Waals surface area contributed by atoms with E-state index in [2.05, 4.69) is 27.7 Å². The van der Waals surface area contributed by atoms with Crippen molar-refractivity contribution in [3.8, 4) is 5.75 Å². The molecule has 160 valence electrons. The largest absolute Gasteiger partial charge is 0.494 e. The number of furan rings is 1. The Morgan fingerprint density at radius 2 is 1.87 bits per heavy atom. The summed E-state index contributed by atoms with van der Waals surface area (Å²) >= 11 is 0. The summed E-state index contributed by atoms with van der Waals surface area (Å²) in [7, 11) is 0. The average Bonchev–Trinajstić information content (AvgIpc) is 3.46. The highest BCUT2D eigenvalue weighted by molar-refractivity contribution is 6.39. The lowest BCUT2D eigenvalue weighted by Gasteiger charge is -2.29. The maximum Gasteiger partial charge on any atom is 0.313 e. The lowest BCUT2D eigenvalue weighted by Crippen LogP contribution is -2.41. The molecule has 3 aromatic rings. The monoisotopic (exact) mass is 419 g/mol. The number of para-hydroxylation sites is 1. The lowest BCUT2D eigenvalue weighted by molar-refractivity contribution is -0.136. The molecule has 4 rings (SSSR count). The molecule has 31 heavy (non-hydrogen) atoms. The van der Waals surface area contributed by atoms with Crippen LogP contribution in [0.15, 0.2) is 71.3 Å². The number of nitrogens with zero attached hydrogens (tertiary/aromatic N) is 1. The number of ether oxygens (including phenoxy) is 1. The van der Waals surface area contributed by atoms with Gasteiger partial charge in [0.25, 0.3) is 0 Å². The molecule has 0 saturated carbocycles. The van der Waals surface area contributed by atoms with Crippen LogP contribution in [0.25, 0.3) is 0 Å². The van der Waals surface area contributed by atoms with E-state index in [1.54, 1.807) is 30.5 Å². The molecular formula is C24H25N3O4. The second-order valence-electron chi connectivity index (χ2n) is 7.22. The Labute approximate surface area is 181 Å². The van der Waals surface area contributed by atoms with Gasteiger partial charge in [0.05, 0.1) is 12.9 Å². The number of carbonyl (C=O) groups excluding carboxylic acids is 2. The van der Waals surface area contributed by atoms with Crippen LogP contribution in [0.5, 0.6) is 5.75 Å². The van der Waals surface area contributed by atoms with Crippen molar-refractivity contribution in [2.24, 2.45) is 0 Å². The van der Waals surface area contributed by atoms with Crippen molar-refractivity contribution in [2.45, 2.75) is 19.4 Å². The fraction of sp³-hybridized carbons (Fsp3) is 0.250. The summed E-state index contributed by atoms with van der Waals surface area (Å²) < 4.78 is 11.0. The molecule has 2 aromatic carbocycles. The van der Waals surface area contributed by atoms with Gasteiger partial charge in [-0.15, -0.1) is 0 Å². The fourth-order valence-corrected chi connectivity index (χ4v) is 3.79. The minimum absolute atomic E-state index is 0.208. The van der Waals surface area contributed by atoms with E-state index < -0.39 is 11.8 Å². The van der Waals surface area contributed by atoms with Crippen molar-refractivity contribution in [3.63, 3.8) is 0 Å². The second-order valence-corrected chi connectivity index (χ2v) is 7.22. The quantitative estimate of drug-likeness (QED) is 0.573. The van der Waals surface area contributed by atoms with Gasteiger partial charge in [0, 0.05) is 24.5 Å². The van der Waals surface area contributed by atoms with Gasteiger partial charge in [0.2, 0.25) is 0 Å². The predicted octanol–water partition coefficient (Wildman–Crippen LogP) is 3.54. The van der Waals surface area contributed by atoms with E-state index in [9.17, 15) is 9.59 Å². The van der Waals surface area contributed by atoms with Crippen LogP contribution in [0.1, 0.15) is 24.3 Å². The van der Waals surface area contributed by atoms with Crippen LogP contribution >= 0.6 is 0 Å². The van der Waals surface area contributed by atoms with Gasteiger partial charge in [-0.3, -0.25) is 9.59 Å². The third kappa shape index (κ3) is 4.71. The Bertz CT molecular complexity index is 1030.